The number of aromatic nitrogens is 1. The van der Waals surface area contributed by atoms with E-state index in [1.165, 1.54) is 0 Å². The maximum absolute atomic E-state index is 11.9. The van der Waals surface area contributed by atoms with E-state index in [1.54, 1.807) is 18.3 Å². The number of aryl methyl sites for hydroxylation is 1. The number of nitrogens with zero attached hydrogens (tertiary/aromatic N) is 1. The van der Waals surface area contributed by atoms with Crippen molar-refractivity contribution in [3.8, 4) is 0 Å². The van der Waals surface area contributed by atoms with Gasteiger partial charge in [0.2, 0.25) is 10.0 Å². The van der Waals surface area contributed by atoms with Crippen LogP contribution in [-0.2, 0) is 16.4 Å². The molecule has 0 spiro atoms. The molecule has 1 heterocycles. The highest BCUT2D eigenvalue weighted by Gasteiger charge is 2.19. The van der Waals surface area contributed by atoms with E-state index < -0.39 is 15.3 Å². The molecule has 18 heavy (non-hydrogen) atoms. The van der Waals surface area contributed by atoms with Crippen LogP contribution in [0, 0.1) is 6.92 Å². The molecule has 0 bridgehead atoms. The topological polar surface area (TPSA) is 71.1 Å². The average molecular weight is 291 g/mol. The molecule has 0 amide bonds. The lowest BCUT2D eigenvalue weighted by atomic mass is 10.3. The lowest BCUT2D eigenvalue weighted by Crippen LogP contribution is -2.39. The van der Waals surface area contributed by atoms with Crippen molar-refractivity contribution < 1.29 is 8.42 Å². The highest BCUT2D eigenvalue weighted by atomic mass is 32.2. The van der Waals surface area contributed by atoms with Gasteiger partial charge in [-0.05, 0) is 20.4 Å². The van der Waals surface area contributed by atoms with Gasteiger partial charge in [-0.15, -0.1) is 11.3 Å². The van der Waals surface area contributed by atoms with Crippen LogP contribution in [0.15, 0.2) is 5.38 Å². The molecule has 0 aliphatic carbocycles. The maximum Gasteiger partial charge on any atom is 0.215 e. The van der Waals surface area contributed by atoms with E-state index in [0.29, 0.717) is 19.5 Å². The van der Waals surface area contributed by atoms with Crippen LogP contribution in [0.2, 0.25) is 0 Å². The van der Waals surface area contributed by atoms with Crippen LogP contribution < -0.4 is 10.0 Å². The summed E-state index contributed by atoms with van der Waals surface area (Å²) in [5.41, 5.74) is 0.944. The fraction of sp³-hybridized carbons (Fsp3) is 0.727. The summed E-state index contributed by atoms with van der Waals surface area (Å²) in [5.74, 6) is 0. The van der Waals surface area contributed by atoms with Crippen LogP contribution in [0.25, 0.3) is 0 Å². The standard InChI is InChI=1S/C11H21N3O2S2/c1-4-12-7-9(2)18(15,16)13-6-5-11-8-17-10(3)14-11/h8-9,12-13H,4-7H2,1-3H3. The van der Waals surface area contributed by atoms with Crippen molar-refractivity contribution >= 4 is 21.4 Å². The summed E-state index contributed by atoms with van der Waals surface area (Å²) >= 11 is 1.58. The summed E-state index contributed by atoms with van der Waals surface area (Å²) in [5, 5.41) is 5.59. The van der Waals surface area contributed by atoms with Crippen molar-refractivity contribution in [1.29, 1.82) is 0 Å². The lowest BCUT2D eigenvalue weighted by molar-refractivity contribution is 0.560. The third-order valence-electron chi connectivity index (χ3n) is 2.56. The Morgan fingerprint density at radius 3 is 2.78 bits per heavy atom. The number of nitrogens with one attached hydrogen (secondary N) is 2. The number of hydrogen-bond donors (Lipinski definition) is 2. The van der Waals surface area contributed by atoms with Gasteiger partial charge in [0, 0.05) is 24.9 Å². The maximum atomic E-state index is 11.9. The average Bonchev–Trinajstić information content (AvgIpc) is 2.71. The molecular formula is C11H21N3O2S2. The van der Waals surface area contributed by atoms with Gasteiger partial charge < -0.3 is 5.32 Å². The SMILES string of the molecule is CCNCC(C)S(=O)(=O)NCCc1csc(C)n1. The first-order chi connectivity index (χ1) is 8.45. The lowest BCUT2D eigenvalue weighted by Gasteiger charge is -2.13. The van der Waals surface area contributed by atoms with Crippen molar-refractivity contribution in [3.63, 3.8) is 0 Å². The molecule has 0 aromatic carbocycles. The minimum atomic E-state index is -3.23. The monoisotopic (exact) mass is 291 g/mol. The fourth-order valence-electron chi connectivity index (χ4n) is 1.44. The molecule has 7 heteroatoms. The smallest absolute Gasteiger partial charge is 0.215 e. The van der Waals surface area contributed by atoms with Crippen molar-refractivity contribution in [1.82, 2.24) is 15.0 Å². The zero-order valence-electron chi connectivity index (χ0n) is 11.1. The molecule has 0 aliphatic rings. The zero-order valence-corrected chi connectivity index (χ0v) is 12.7. The molecule has 1 rings (SSSR count). The highest BCUT2D eigenvalue weighted by Crippen LogP contribution is 2.08. The summed E-state index contributed by atoms with van der Waals surface area (Å²) in [7, 11) is -3.23. The van der Waals surface area contributed by atoms with Crippen LogP contribution in [0.1, 0.15) is 24.5 Å². The molecule has 104 valence electrons. The molecule has 1 atom stereocenters. The first kappa shape index (κ1) is 15.6. The minimum absolute atomic E-state index is 0.405. The van der Waals surface area contributed by atoms with Crippen molar-refractivity contribution in [2.75, 3.05) is 19.6 Å². The van der Waals surface area contributed by atoms with Crippen LogP contribution in [0.4, 0.5) is 0 Å². The van der Waals surface area contributed by atoms with Gasteiger partial charge in [-0.25, -0.2) is 18.1 Å². The third kappa shape index (κ3) is 5.01. The van der Waals surface area contributed by atoms with E-state index in [2.05, 4.69) is 15.0 Å². The Bertz CT molecular complexity index is 457. The zero-order chi connectivity index (χ0) is 13.6. The van der Waals surface area contributed by atoms with Gasteiger partial charge in [-0.3, -0.25) is 0 Å². The number of thiazole rings is 1. The second kappa shape index (κ2) is 7.18. The highest BCUT2D eigenvalue weighted by molar-refractivity contribution is 7.90. The Balaban J connectivity index is 2.37. The van der Waals surface area contributed by atoms with Crippen LogP contribution in [0.5, 0.6) is 0 Å². The first-order valence-electron chi connectivity index (χ1n) is 6.06. The molecule has 2 N–H and O–H groups in total. The molecule has 1 unspecified atom stereocenters. The quantitative estimate of drug-likeness (QED) is 0.747. The Labute approximate surface area is 113 Å². The van der Waals surface area contributed by atoms with Gasteiger partial charge in [0.05, 0.1) is 16.0 Å². The Hall–Kier alpha value is -0.500. The van der Waals surface area contributed by atoms with Crippen molar-refractivity contribution in [2.24, 2.45) is 0 Å². The van der Waals surface area contributed by atoms with E-state index in [0.717, 1.165) is 17.2 Å². The van der Waals surface area contributed by atoms with Gasteiger partial charge in [-0.1, -0.05) is 6.92 Å². The third-order valence-corrected chi connectivity index (χ3v) is 5.22. The molecule has 5 nitrogen and oxygen atoms in total. The molecule has 0 fully saturated rings. The molecule has 0 saturated heterocycles. The second-order valence-corrected chi connectivity index (χ2v) is 7.41. The van der Waals surface area contributed by atoms with Gasteiger partial charge in [0.25, 0.3) is 0 Å². The van der Waals surface area contributed by atoms with Crippen LogP contribution >= 0.6 is 11.3 Å². The summed E-state index contributed by atoms with van der Waals surface area (Å²) < 4.78 is 26.3. The molecule has 0 aliphatic heterocycles. The van der Waals surface area contributed by atoms with Crippen molar-refractivity contribution in [3.05, 3.63) is 16.1 Å². The fourth-order valence-corrected chi connectivity index (χ4v) is 3.10. The van der Waals surface area contributed by atoms with Crippen molar-refractivity contribution in [2.45, 2.75) is 32.4 Å². The Morgan fingerprint density at radius 1 is 1.50 bits per heavy atom. The number of hydrogen-bond acceptors (Lipinski definition) is 5. The van der Waals surface area contributed by atoms with Gasteiger partial charge in [0.1, 0.15) is 0 Å². The minimum Gasteiger partial charge on any atom is -0.316 e. The normalized spacial score (nSPS) is 13.7. The van der Waals surface area contributed by atoms with E-state index in [1.807, 2.05) is 19.2 Å². The molecule has 1 aromatic rings. The summed E-state index contributed by atoms with van der Waals surface area (Å²) in [6.07, 6.45) is 0.636. The molecule has 1 aromatic heterocycles. The summed E-state index contributed by atoms with van der Waals surface area (Å²) in [6, 6.07) is 0. The van der Waals surface area contributed by atoms with Gasteiger partial charge >= 0.3 is 0 Å². The Morgan fingerprint density at radius 2 is 2.22 bits per heavy atom. The van der Waals surface area contributed by atoms with E-state index >= 15 is 0 Å². The first-order valence-corrected chi connectivity index (χ1v) is 8.48. The largest absolute Gasteiger partial charge is 0.316 e. The predicted octanol–water partition coefficient (Wildman–Crippen LogP) is 0.911. The summed E-state index contributed by atoms with van der Waals surface area (Å²) in [4.78, 5) is 4.30. The predicted molar refractivity (Wildman–Crippen MR) is 75.5 cm³/mol. The van der Waals surface area contributed by atoms with Gasteiger partial charge in [0.15, 0.2) is 0 Å². The van der Waals surface area contributed by atoms with Crippen LogP contribution in [0.3, 0.4) is 0 Å². The number of sulfonamides is 1. The van der Waals surface area contributed by atoms with E-state index in [-0.39, 0.29) is 0 Å². The second-order valence-electron chi connectivity index (χ2n) is 4.17. The van der Waals surface area contributed by atoms with E-state index in [4.69, 9.17) is 0 Å². The van der Waals surface area contributed by atoms with E-state index in [9.17, 15) is 8.42 Å². The van der Waals surface area contributed by atoms with Gasteiger partial charge in [-0.2, -0.15) is 0 Å². The molecular weight excluding hydrogens is 270 g/mol. The molecule has 0 radical (unpaired) electrons. The van der Waals surface area contributed by atoms with Crippen LogP contribution in [-0.4, -0.2) is 38.3 Å². The Kier molecular flexibility index (Phi) is 6.20. The number of rotatable bonds is 8. The summed E-state index contributed by atoms with van der Waals surface area (Å²) in [6.45, 7) is 7.26. The molecule has 0 saturated carbocycles.